The number of hydrogen-bond acceptors (Lipinski definition) is 2. The molecule has 1 aliphatic carbocycles. The summed E-state index contributed by atoms with van der Waals surface area (Å²) in [4.78, 5) is 0. The number of hydrogen-bond donors (Lipinski definition) is 1. The Bertz CT molecular complexity index is 450. The van der Waals surface area contributed by atoms with Gasteiger partial charge in [-0.1, -0.05) is 12.1 Å². The van der Waals surface area contributed by atoms with Crippen LogP contribution in [-0.2, 0) is 12.8 Å². The van der Waals surface area contributed by atoms with E-state index in [1.807, 2.05) is 0 Å². The van der Waals surface area contributed by atoms with Crippen LogP contribution in [0.5, 0.6) is 5.75 Å². The Morgan fingerprint density at radius 1 is 1.06 bits per heavy atom. The van der Waals surface area contributed by atoms with Gasteiger partial charge >= 0.3 is 0 Å². The minimum absolute atomic E-state index is 0.750. The molecular weight excluding hydrogens is 222 g/mol. The van der Waals surface area contributed by atoms with Gasteiger partial charge in [-0.3, -0.25) is 0 Å². The number of aryl methyl sites for hydroxylation is 2. The van der Waals surface area contributed by atoms with Gasteiger partial charge in [0, 0.05) is 6.54 Å². The highest BCUT2D eigenvalue weighted by Crippen LogP contribution is 2.25. The summed E-state index contributed by atoms with van der Waals surface area (Å²) in [6.45, 7) is 2.82. The minimum atomic E-state index is 0.750. The van der Waals surface area contributed by atoms with Crippen molar-refractivity contribution in [3.8, 4) is 5.75 Å². The molecule has 0 fully saturated rings. The molecule has 1 N–H and O–H groups in total. The summed E-state index contributed by atoms with van der Waals surface area (Å²) >= 11 is 0. The molecule has 0 saturated carbocycles. The quantitative estimate of drug-likeness (QED) is 0.824. The maximum Gasteiger partial charge on any atom is 0.120 e. The van der Waals surface area contributed by atoms with Gasteiger partial charge in [0.2, 0.25) is 0 Å². The molecular formula is C16H21NO. The SMILES string of the molecule is C1=C(COc2ccc3c(c2)CCCC3)CCNC1. The lowest BCUT2D eigenvalue weighted by Gasteiger charge is -2.18. The van der Waals surface area contributed by atoms with Gasteiger partial charge in [0.15, 0.2) is 0 Å². The summed E-state index contributed by atoms with van der Waals surface area (Å²) in [6.07, 6.45) is 8.50. The van der Waals surface area contributed by atoms with Crippen LogP contribution in [-0.4, -0.2) is 19.7 Å². The van der Waals surface area contributed by atoms with E-state index in [0.29, 0.717) is 0 Å². The van der Waals surface area contributed by atoms with E-state index in [1.54, 1.807) is 0 Å². The normalized spacial score (nSPS) is 19.0. The van der Waals surface area contributed by atoms with Crippen LogP contribution in [0.1, 0.15) is 30.4 Å². The summed E-state index contributed by atoms with van der Waals surface area (Å²) in [6, 6.07) is 6.63. The van der Waals surface area contributed by atoms with E-state index < -0.39 is 0 Å². The summed E-state index contributed by atoms with van der Waals surface area (Å²) in [5.74, 6) is 1.04. The van der Waals surface area contributed by atoms with Crippen LogP contribution in [0.2, 0.25) is 0 Å². The van der Waals surface area contributed by atoms with E-state index in [-0.39, 0.29) is 0 Å². The molecule has 0 atom stereocenters. The number of fused-ring (bicyclic) bond motifs is 1. The molecule has 0 saturated heterocycles. The van der Waals surface area contributed by atoms with E-state index >= 15 is 0 Å². The van der Waals surface area contributed by atoms with Crippen molar-refractivity contribution in [3.63, 3.8) is 0 Å². The first kappa shape index (κ1) is 11.8. The zero-order valence-electron chi connectivity index (χ0n) is 10.9. The molecule has 2 heteroatoms. The standard InChI is InChI=1S/C16H21NO/c1-2-4-15-11-16(6-5-14(15)3-1)18-12-13-7-9-17-10-8-13/h5-7,11,17H,1-4,8-10,12H2. The predicted octanol–water partition coefficient (Wildman–Crippen LogP) is 2.86. The predicted molar refractivity (Wildman–Crippen MR) is 74.1 cm³/mol. The van der Waals surface area contributed by atoms with E-state index in [2.05, 4.69) is 29.6 Å². The zero-order valence-corrected chi connectivity index (χ0v) is 10.9. The Labute approximate surface area is 109 Å². The van der Waals surface area contributed by atoms with Crippen LogP contribution in [0.3, 0.4) is 0 Å². The maximum absolute atomic E-state index is 5.92. The molecule has 0 spiro atoms. The first-order valence-electron chi connectivity index (χ1n) is 7.05. The second-order valence-electron chi connectivity index (χ2n) is 5.24. The molecule has 2 aliphatic rings. The fourth-order valence-electron chi connectivity index (χ4n) is 2.78. The lowest BCUT2D eigenvalue weighted by atomic mass is 9.92. The van der Waals surface area contributed by atoms with E-state index in [1.165, 1.54) is 42.4 Å². The molecule has 18 heavy (non-hydrogen) atoms. The number of nitrogens with one attached hydrogen (secondary N) is 1. The Kier molecular flexibility index (Phi) is 3.65. The molecule has 2 nitrogen and oxygen atoms in total. The zero-order chi connectivity index (χ0) is 12.2. The van der Waals surface area contributed by atoms with Gasteiger partial charge in [0.1, 0.15) is 12.4 Å². The van der Waals surface area contributed by atoms with Crippen LogP contribution in [0.25, 0.3) is 0 Å². The average molecular weight is 243 g/mol. The molecule has 1 heterocycles. The molecule has 0 amide bonds. The topological polar surface area (TPSA) is 21.3 Å². The molecule has 1 aliphatic heterocycles. The first-order valence-corrected chi connectivity index (χ1v) is 7.05. The van der Waals surface area contributed by atoms with Crippen molar-refractivity contribution in [2.45, 2.75) is 32.1 Å². The van der Waals surface area contributed by atoms with E-state index in [0.717, 1.165) is 31.9 Å². The summed E-state index contributed by atoms with van der Waals surface area (Å²) in [5.41, 5.74) is 4.44. The summed E-state index contributed by atoms with van der Waals surface area (Å²) in [5, 5.41) is 3.32. The monoisotopic (exact) mass is 243 g/mol. The molecule has 0 aromatic heterocycles. The molecule has 3 rings (SSSR count). The maximum atomic E-state index is 5.92. The minimum Gasteiger partial charge on any atom is -0.489 e. The Hall–Kier alpha value is -1.28. The van der Waals surface area contributed by atoms with Crippen molar-refractivity contribution in [2.24, 2.45) is 0 Å². The molecule has 0 unspecified atom stereocenters. The Balaban J connectivity index is 1.64. The van der Waals surface area contributed by atoms with E-state index in [4.69, 9.17) is 4.74 Å². The van der Waals surface area contributed by atoms with Gasteiger partial charge in [0.25, 0.3) is 0 Å². The van der Waals surface area contributed by atoms with Crippen LogP contribution in [0.4, 0.5) is 0 Å². The van der Waals surface area contributed by atoms with Gasteiger partial charge in [-0.2, -0.15) is 0 Å². The molecule has 0 bridgehead atoms. The van der Waals surface area contributed by atoms with Gasteiger partial charge in [-0.25, -0.2) is 0 Å². The highest BCUT2D eigenvalue weighted by atomic mass is 16.5. The largest absolute Gasteiger partial charge is 0.489 e. The Morgan fingerprint density at radius 2 is 1.94 bits per heavy atom. The Morgan fingerprint density at radius 3 is 2.78 bits per heavy atom. The van der Waals surface area contributed by atoms with Gasteiger partial charge in [-0.05, 0) is 67.5 Å². The molecule has 1 aromatic rings. The highest BCUT2D eigenvalue weighted by molar-refractivity contribution is 5.37. The van der Waals surface area contributed by atoms with Crippen molar-refractivity contribution in [1.82, 2.24) is 5.32 Å². The van der Waals surface area contributed by atoms with Crippen molar-refractivity contribution in [2.75, 3.05) is 19.7 Å². The number of ether oxygens (including phenoxy) is 1. The molecule has 0 radical (unpaired) electrons. The fraction of sp³-hybridized carbons (Fsp3) is 0.500. The van der Waals surface area contributed by atoms with Crippen LogP contribution in [0.15, 0.2) is 29.8 Å². The fourth-order valence-corrected chi connectivity index (χ4v) is 2.78. The van der Waals surface area contributed by atoms with Crippen LogP contribution < -0.4 is 10.1 Å². The van der Waals surface area contributed by atoms with Crippen molar-refractivity contribution in [1.29, 1.82) is 0 Å². The summed E-state index contributed by atoms with van der Waals surface area (Å²) < 4.78 is 5.92. The average Bonchev–Trinajstić information content (AvgIpc) is 2.46. The van der Waals surface area contributed by atoms with Gasteiger partial charge in [-0.15, -0.1) is 0 Å². The van der Waals surface area contributed by atoms with Crippen molar-refractivity contribution in [3.05, 3.63) is 41.0 Å². The lowest BCUT2D eigenvalue weighted by molar-refractivity contribution is 0.343. The first-order chi connectivity index (χ1) is 8.92. The highest BCUT2D eigenvalue weighted by Gasteiger charge is 2.10. The van der Waals surface area contributed by atoms with Crippen molar-refractivity contribution < 1.29 is 4.74 Å². The van der Waals surface area contributed by atoms with E-state index in [9.17, 15) is 0 Å². The van der Waals surface area contributed by atoms with Crippen molar-refractivity contribution >= 4 is 0 Å². The number of benzene rings is 1. The van der Waals surface area contributed by atoms with Crippen LogP contribution >= 0.6 is 0 Å². The smallest absolute Gasteiger partial charge is 0.120 e. The molecule has 96 valence electrons. The van der Waals surface area contributed by atoms with Crippen LogP contribution in [0, 0.1) is 0 Å². The summed E-state index contributed by atoms with van der Waals surface area (Å²) in [7, 11) is 0. The number of rotatable bonds is 3. The molecule has 1 aromatic carbocycles. The second-order valence-corrected chi connectivity index (χ2v) is 5.24. The third kappa shape index (κ3) is 2.75. The second kappa shape index (κ2) is 5.57. The van der Waals surface area contributed by atoms with Gasteiger partial charge in [0.05, 0.1) is 0 Å². The lowest BCUT2D eigenvalue weighted by Crippen LogP contribution is -2.22. The third-order valence-corrected chi connectivity index (χ3v) is 3.90. The van der Waals surface area contributed by atoms with Gasteiger partial charge < -0.3 is 10.1 Å². The third-order valence-electron chi connectivity index (χ3n) is 3.90.